The Bertz CT molecular complexity index is 872. The first-order valence-electron chi connectivity index (χ1n) is 8.32. The van der Waals surface area contributed by atoms with E-state index in [1.54, 1.807) is 25.1 Å². The van der Waals surface area contributed by atoms with Gasteiger partial charge in [-0.25, -0.2) is 13.1 Å². The van der Waals surface area contributed by atoms with Gasteiger partial charge in [0.15, 0.2) is 0 Å². The number of hydrogen-bond acceptors (Lipinski definition) is 6. The van der Waals surface area contributed by atoms with Gasteiger partial charge in [-0.15, -0.1) is 0 Å². The Morgan fingerprint density at radius 1 is 1.35 bits per heavy atom. The first kappa shape index (κ1) is 18.6. The Kier molecular flexibility index (Phi) is 5.70. The topological polar surface area (TPSA) is 111 Å². The number of nitrogens with zero attached hydrogens (tertiary/aromatic N) is 1. The first-order valence-corrected chi connectivity index (χ1v) is 9.80. The number of hydrogen-bond donors (Lipinski definition) is 2. The lowest BCUT2D eigenvalue weighted by atomic mass is 10.1. The first-order chi connectivity index (χ1) is 12.4. The number of aromatic nitrogens is 1. The molecule has 2 aromatic rings. The molecule has 140 valence electrons. The van der Waals surface area contributed by atoms with E-state index in [4.69, 9.17) is 9.26 Å². The van der Waals surface area contributed by atoms with Crippen molar-refractivity contribution < 1.29 is 22.5 Å². The molecule has 1 aliphatic heterocycles. The van der Waals surface area contributed by atoms with Crippen LogP contribution in [-0.4, -0.2) is 39.2 Å². The van der Waals surface area contributed by atoms with E-state index in [2.05, 4.69) is 15.2 Å². The molecule has 9 heteroatoms. The highest BCUT2D eigenvalue weighted by atomic mass is 32.2. The van der Waals surface area contributed by atoms with E-state index in [-0.39, 0.29) is 28.8 Å². The van der Waals surface area contributed by atoms with Crippen LogP contribution in [0.15, 0.2) is 39.8 Å². The quantitative estimate of drug-likeness (QED) is 0.749. The molecule has 1 atom stereocenters. The van der Waals surface area contributed by atoms with Crippen molar-refractivity contribution in [1.29, 1.82) is 0 Å². The molecule has 1 saturated heterocycles. The van der Waals surface area contributed by atoms with Gasteiger partial charge in [-0.2, -0.15) is 0 Å². The van der Waals surface area contributed by atoms with E-state index in [0.717, 1.165) is 6.42 Å². The molecule has 1 aliphatic rings. The van der Waals surface area contributed by atoms with Gasteiger partial charge < -0.3 is 14.6 Å². The van der Waals surface area contributed by atoms with Crippen molar-refractivity contribution in [3.8, 4) is 0 Å². The summed E-state index contributed by atoms with van der Waals surface area (Å²) in [5, 5.41) is 6.49. The summed E-state index contributed by atoms with van der Waals surface area (Å²) in [5.74, 6) is 0.454. The zero-order valence-electron chi connectivity index (χ0n) is 14.4. The number of aryl methyl sites for hydroxylation is 1. The van der Waals surface area contributed by atoms with E-state index in [1.165, 1.54) is 12.1 Å². The molecule has 2 N–H and O–H groups in total. The molecule has 1 aromatic carbocycles. The van der Waals surface area contributed by atoms with Crippen molar-refractivity contribution in [2.45, 2.75) is 24.8 Å². The summed E-state index contributed by atoms with van der Waals surface area (Å²) < 4.78 is 37.6. The molecule has 0 bridgehead atoms. The van der Waals surface area contributed by atoms with Crippen molar-refractivity contribution in [2.24, 2.45) is 5.92 Å². The molecular weight excluding hydrogens is 358 g/mol. The maximum absolute atomic E-state index is 12.4. The fraction of sp³-hybridized carbons (Fsp3) is 0.412. The van der Waals surface area contributed by atoms with Gasteiger partial charge >= 0.3 is 0 Å². The standard InChI is InChI=1S/C17H21N3O5S/c1-12-7-15(20-25-12)10-18-17(21)14-3-2-4-16(8-14)26(22,23)19-9-13-5-6-24-11-13/h2-4,7-8,13,19H,5-6,9-11H2,1H3,(H,18,21)/t13-/m0/s1. The molecule has 2 heterocycles. The summed E-state index contributed by atoms with van der Waals surface area (Å²) in [6, 6.07) is 7.65. The number of carbonyl (C=O) groups is 1. The van der Waals surface area contributed by atoms with Gasteiger partial charge in [0.1, 0.15) is 11.5 Å². The van der Waals surface area contributed by atoms with Gasteiger partial charge in [0, 0.05) is 24.8 Å². The molecule has 3 rings (SSSR count). The monoisotopic (exact) mass is 379 g/mol. The van der Waals surface area contributed by atoms with Crippen LogP contribution >= 0.6 is 0 Å². The smallest absolute Gasteiger partial charge is 0.251 e. The molecule has 0 saturated carbocycles. The fourth-order valence-corrected chi connectivity index (χ4v) is 3.80. The van der Waals surface area contributed by atoms with Gasteiger partial charge in [-0.05, 0) is 37.5 Å². The fourth-order valence-electron chi connectivity index (χ4n) is 2.63. The van der Waals surface area contributed by atoms with E-state index in [1.807, 2.05) is 0 Å². The molecule has 1 fully saturated rings. The maximum atomic E-state index is 12.4. The molecule has 26 heavy (non-hydrogen) atoms. The highest BCUT2D eigenvalue weighted by Crippen LogP contribution is 2.15. The molecular formula is C17H21N3O5S. The molecule has 0 unspecified atom stereocenters. The van der Waals surface area contributed by atoms with Gasteiger partial charge in [0.2, 0.25) is 10.0 Å². The third-order valence-corrected chi connectivity index (χ3v) is 5.52. The van der Waals surface area contributed by atoms with E-state index < -0.39 is 10.0 Å². The number of ether oxygens (including phenoxy) is 1. The van der Waals surface area contributed by atoms with Gasteiger partial charge in [0.05, 0.1) is 18.0 Å². The van der Waals surface area contributed by atoms with Crippen LogP contribution in [0.25, 0.3) is 0 Å². The zero-order chi connectivity index (χ0) is 18.6. The summed E-state index contributed by atoms with van der Waals surface area (Å²) >= 11 is 0. The third-order valence-electron chi connectivity index (χ3n) is 4.10. The lowest BCUT2D eigenvalue weighted by Crippen LogP contribution is -2.30. The molecule has 0 aliphatic carbocycles. The van der Waals surface area contributed by atoms with Crippen LogP contribution in [0.4, 0.5) is 0 Å². The molecule has 1 aromatic heterocycles. The second kappa shape index (κ2) is 7.98. The third kappa shape index (κ3) is 4.69. The predicted octanol–water partition coefficient (Wildman–Crippen LogP) is 1.23. The van der Waals surface area contributed by atoms with Crippen LogP contribution in [0.3, 0.4) is 0 Å². The lowest BCUT2D eigenvalue weighted by Gasteiger charge is -2.11. The number of nitrogens with one attached hydrogen (secondary N) is 2. The lowest BCUT2D eigenvalue weighted by molar-refractivity contribution is 0.0950. The minimum Gasteiger partial charge on any atom is -0.381 e. The second-order valence-corrected chi connectivity index (χ2v) is 7.99. The Labute approximate surface area is 152 Å². The van der Waals surface area contributed by atoms with Crippen LogP contribution in [0.5, 0.6) is 0 Å². The summed E-state index contributed by atoms with van der Waals surface area (Å²) in [4.78, 5) is 12.3. The summed E-state index contributed by atoms with van der Waals surface area (Å²) in [5.41, 5.74) is 0.859. The molecule has 0 spiro atoms. The molecule has 1 amide bonds. The van der Waals surface area contributed by atoms with Crippen molar-refractivity contribution in [2.75, 3.05) is 19.8 Å². The van der Waals surface area contributed by atoms with Crippen LogP contribution in [0.2, 0.25) is 0 Å². The number of sulfonamides is 1. The highest BCUT2D eigenvalue weighted by molar-refractivity contribution is 7.89. The Morgan fingerprint density at radius 3 is 2.88 bits per heavy atom. The Balaban J connectivity index is 1.63. The summed E-state index contributed by atoms with van der Waals surface area (Å²) in [6.07, 6.45) is 0.840. The minimum absolute atomic E-state index is 0.0568. The normalized spacial score (nSPS) is 17.3. The Morgan fingerprint density at radius 2 is 2.19 bits per heavy atom. The van der Waals surface area contributed by atoms with Crippen molar-refractivity contribution in [3.05, 3.63) is 47.3 Å². The van der Waals surface area contributed by atoms with Crippen molar-refractivity contribution in [3.63, 3.8) is 0 Å². The van der Waals surface area contributed by atoms with Crippen LogP contribution < -0.4 is 10.0 Å². The number of amides is 1. The van der Waals surface area contributed by atoms with E-state index in [9.17, 15) is 13.2 Å². The summed E-state index contributed by atoms with van der Waals surface area (Å²) in [7, 11) is -3.68. The molecule has 8 nitrogen and oxygen atoms in total. The van der Waals surface area contributed by atoms with Gasteiger partial charge in [0.25, 0.3) is 5.91 Å². The average molecular weight is 379 g/mol. The van der Waals surface area contributed by atoms with Gasteiger partial charge in [-0.1, -0.05) is 11.2 Å². The summed E-state index contributed by atoms with van der Waals surface area (Å²) in [6.45, 7) is 3.51. The van der Waals surface area contributed by atoms with Crippen LogP contribution in [-0.2, 0) is 21.3 Å². The van der Waals surface area contributed by atoms with Gasteiger partial charge in [-0.3, -0.25) is 4.79 Å². The zero-order valence-corrected chi connectivity index (χ0v) is 15.2. The predicted molar refractivity (Wildman–Crippen MR) is 93.0 cm³/mol. The van der Waals surface area contributed by atoms with E-state index in [0.29, 0.717) is 31.2 Å². The average Bonchev–Trinajstić information content (AvgIpc) is 3.29. The number of rotatable bonds is 7. The highest BCUT2D eigenvalue weighted by Gasteiger charge is 2.21. The van der Waals surface area contributed by atoms with Crippen LogP contribution in [0, 0.1) is 12.8 Å². The van der Waals surface area contributed by atoms with Crippen LogP contribution in [0.1, 0.15) is 28.2 Å². The Hall–Kier alpha value is -2.23. The molecule has 0 radical (unpaired) electrons. The van der Waals surface area contributed by atoms with Crippen molar-refractivity contribution in [1.82, 2.24) is 15.2 Å². The number of benzene rings is 1. The minimum atomic E-state index is -3.68. The van der Waals surface area contributed by atoms with Crippen molar-refractivity contribution >= 4 is 15.9 Å². The SMILES string of the molecule is Cc1cc(CNC(=O)c2cccc(S(=O)(=O)NC[C@@H]3CCOC3)c2)no1. The van der Waals surface area contributed by atoms with E-state index >= 15 is 0 Å². The largest absolute Gasteiger partial charge is 0.381 e. The second-order valence-electron chi connectivity index (χ2n) is 6.22. The number of carbonyl (C=O) groups excluding carboxylic acids is 1. The maximum Gasteiger partial charge on any atom is 0.251 e.